The summed E-state index contributed by atoms with van der Waals surface area (Å²) < 4.78 is 1.79. The van der Waals surface area contributed by atoms with E-state index in [1.165, 1.54) is 0 Å². The first-order valence-electron chi connectivity index (χ1n) is 6.82. The van der Waals surface area contributed by atoms with Crippen LogP contribution in [0.2, 0.25) is 0 Å². The van der Waals surface area contributed by atoms with Crippen molar-refractivity contribution in [2.24, 2.45) is 5.92 Å². The van der Waals surface area contributed by atoms with E-state index < -0.39 is 0 Å². The molecule has 0 amide bonds. The molecule has 0 aliphatic carbocycles. The van der Waals surface area contributed by atoms with Crippen LogP contribution in [0.3, 0.4) is 0 Å². The normalized spacial score (nSPS) is 11.4. The van der Waals surface area contributed by atoms with Crippen molar-refractivity contribution in [2.75, 3.05) is 0 Å². The van der Waals surface area contributed by atoms with Gasteiger partial charge in [-0.2, -0.15) is 10.4 Å². The van der Waals surface area contributed by atoms with Crippen molar-refractivity contribution >= 4 is 11.9 Å². The summed E-state index contributed by atoms with van der Waals surface area (Å²) in [6.45, 7) is 4.23. The molecule has 0 atom stereocenters. The molecular weight excluding hydrogens is 262 g/mol. The Morgan fingerprint density at radius 1 is 1.38 bits per heavy atom. The molecule has 4 nitrogen and oxygen atoms in total. The molecule has 21 heavy (non-hydrogen) atoms. The molecule has 2 aromatic rings. The highest BCUT2D eigenvalue weighted by atomic mass is 16.1. The third-order valence-corrected chi connectivity index (χ3v) is 3.06. The molecule has 0 radical (unpaired) electrons. The molecule has 0 saturated heterocycles. The molecule has 106 valence electrons. The van der Waals surface area contributed by atoms with Crippen LogP contribution in [0, 0.1) is 17.2 Å². The second-order valence-electron chi connectivity index (χ2n) is 5.15. The molecule has 4 heteroatoms. The number of Topliss-reactive ketones (excluding diaryl/α,β-unsaturated/α-hetero) is 1. The average molecular weight is 279 g/mol. The van der Waals surface area contributed by atoms with Gasteiger partial charge in [-0.1, -0.05) is 44.2 Å². The Bertz CT molecular complexity index is 690. The first-order chi connectivity index (χ1) is 10.1. The van der Waals surface area contributed by atoms with Crippen LogP contribution < -0.4 is 0 Å². The highest BCUT2D eigenvalue weighted by molar-refractivity contribution is 6.04. The summed E-state index contributed by atoms with van der Waals surface area (Å²) in [5.74, 6) is -0.330. The largest absolute Gasteiger partial charge is 0.293 e. The monoisotopic (exact) mass is 279 g/mol. The Kier molecular flexibility index (Phi) is 4.68. The van der Waals surface area contributed by atoms with Gasteiger partial charge in [-0.3, -0.25) is 9.48 Å². The first-order valence-corrected chi connectivity index (χ1v) is 6.82. The van der Waals surface area contributed by atoms with Gasteiger partial charge in [0.1, 0.15) is 6.07 Å². The predicted molar refractivity (Wildman–Crippen MR) is 81.2 cm³/mol. The van der Waals surface area contributed by atoms with Crippen molar-refractivity contribution < 1.29 is 4.79 Å². The molecule has 0 bridgehead atoms. The van der Waals surface area contributed by atoms with E-state index >= 15 is 0 Å². The number of hydrogen-bond donors (Lipinski definition) is 0. The van der Waals surface area contributed by atoms with Gasteiger partial charge in [0, 0.05) is 17.7 Å². The maximum absolute atomic E-state index is 11.9. The maximum atomic E-state index is 11.9. The number of nitriles is 1. The lowest BCUT2D eigenvalue weighted by atomic mass is 10.0. The van der Waals surface area contributed by atoms with Gasteiger partial charge < -0.3 is 0 Å². The number of benzene rings is 1. The molecule has 0 unspecified atom stereocenters. The van der Waals surface area contributed by atoms with Crippen LogP contribution in [0.1, 0.15) is 25.0 Å². The molecule has 2 rings (SSSR count). The smallest absolute Gasteiger partial charge is 0.175 e. The highest BCUT2D eigenvalue weighted by Gasteiger charge is 2.13. The minimum atomic E-state index is -0.185. The number of rotatable bonds is 5. The van der Waals surface area contributed by atoms with Crippen LogP contribution >= 0.6 is 0 Å². The van der Waals surface area contributed by atoms with Crippen LogP contribution in [0.15, 0.2) is 48.3 Å². The Hall–Kier alpha value is -2.67. The average Bonchev–Trinajstić information content (AvgIpc) is 2.92. The molecule has 1 heterocycles. The maximum Gasteiger partial charge on any atom is 0.175 e. The lowest BCUT2D eigenvalue weighted by Crippen LogP contribution is -2.08. The van der Waals surface area contributed by atoms with Gasteiger partial charge in [0.15, 0.2) is 5.78 Å². The van der Waals surface area contributed by atoms with E-state index in [0.717, 1.165) is 11.1 Å². The van der Waals surface area contributed by atoms with Gasteiger partial charge in [-0.15, -0.1) is 0 Å². The lowest BCUT2D eigenvalue weighted by molar-refractivity contribution is -0.117. The fourth-order valence-electron chi connectivity index (χ4n) is 1.95. The molecule has 0 aliphatic rings. The standard InChI is InChI=1S/C17H17N3O/c1-13(2)17(21)16(9-18)8-15-10-19-20(12-15)11-14-6-4-3-5-7-14/h3-8,10,12-13H,11H2,1-2H3. The predicted octanol–water partition coefficient (Wildman–Crippen LogP) is 3.06. The molecule has 1 aromatic heterocycles. The number of allylic oxidation sites excluding steroid dienone is 1. The van der Waals surface area contributed by atoms with Crippen molar-refractivity contribution in [2.45, 2.75) is 20.4 Å². The van der Waals surface area contributed by atoms with Crippen molar-refractivity contribution in [3.63, 3.8) is 0 Å². The van der Waals surface area contributed by atoms with Crippen LogP contribution in [0.5, 0.6) is 0 Å². The summed E-state index contributed by atoms with van der Waals surface area (Å²) in [5, 5.41) is 13.3. The van der Waals surface area contributed by atoms with Gasteiger partial charge in [-0.25, -0.2) is 0 Å². The van der Waals surface area contributed by atoms with E-state index in [0.29, 0.717) is 6.54 Å². The highest BCUT2D eigenvalue weighted by Crippen LogP contribution is 2.11. The summed E-state index contributed by atoms with van der Waals surface area (Å²) in [4.78, 5) is 11.9. The molecule has 1 aromatic carbocycles. The molecule has 0 spiro atoms. The Morgan fingerprint density at radius 3 is 2.71 bits per heavy atom. The van der Waals surface area contributed by atoms with E-state index in [4.69, 9.17) is 5.26 Å². The third kappa shape index (κ3) is 3.90. The zero-order chi connectivity index (χ0) is 15.2. The van der Waals surface area contributed by atoms with E-state index in [9.17, 15) is 4.79 Å². The zero-order valence-electron chi connectivity index (χ0n) is 12.2. The van der Waals surface area contributed by atoms with Crippen LogP contribution in [-0.2, 0) is 11.3 Å². The fraction of sp³-hybridized carbons (Fsp3) is 0.235. The summed E-state index contributed by atoms with van der Waals surface area (Å²) >= 11 is 0. The minimum absolute atomic E-state index is 0.145. The summed E-state index contributed by atoms with van der Waals surface area (Å²) in [6.07, 6.45) is 5.09. The first kappa shape index (κ1) is 14.7. The molecule has 0 N–H and O–H groups in total. The number of nitrogens with zero attached hydrogens (tertiary/aromatic N) is 3. The fourth-order valence-corrected chi connectivity index (χ4v) is 1.95. The van der Waals surface area contributed by atoms with Crippen LogP contribution in [0.4, 0.5) is 0 Å². The molecular formula is C17H17N3O. The summed E-state index contributed by atoms with van der Waals surface area (Å²) in [6, 6.07) is 12.0. The Balaban J connectivity index is 2.16. The van der Waals surface area contributed by atoms with E-state index in [1.807, 2.05) is 42.6 Å². The minimum Gasteiger partial charge on any atom is -0.293 e. The lowest BCUT2D eigenvalue weighted by Gasteiger charge is -2.01. The number of aromatic nitrogens is 2. The van der Waals surface area contributed by atoms with Gasteiger partial charge in [-0.05, 0) is 11.6 Å². The Labute approximate surface area is 124 Å². The number of carbonyl (C=O) groups is 1. The van der Waals surface area contributed by atoms with Gasteiger partial charge in [0.05, 0.1) is 18.3 Å². The van der Waals surface area contributed by atoms with Gasteiger partial charge in [0.2, 0.25) is 0 Å². The van der Waals surface area contributed by atoms with Crippen molar-refractivity contribution in [1.82, 2.24) is 9.78 Å². The second kappa shape index (κ2) is 6.67. The number of carbonyl (C=O) groups excluding carboxylic acids is 1. The number of ketones is 1. The van der Waals surface area contributed by atoms with E-state index in [-0.39, 0.29) is 17.3 Å². The van der Waals surface area contributed by atoms with Crippen LogP contribution in [0.25, 0.3) is 6.08 Å². The summed E-state index contributed by atoms with van der Waals surface area (Å²) in [5.41, 5.74) is 2.08. The number of hydrogen-bond acceptors (Lipinski definition) is 3. The van der Waals surface area contributed by atoms with E-state index in [2.05, 4.69) is 5.10 Å². The van der Waals surface area contributed by atoms with Crippen molar-refractivity contribution in [3.05, 3.63) is 59.4 Å². The zero-order valence-corrected chi connectivity index (χ0v) is 12.2. The molecule has 0 saturated carbocycles. The van der Waals surface area contributed by atoms with Crippen molar-refractivity contribution in [3.8, 4) is 6.07 Å². The van der Waals surface area contributed by atoms with Gasteiger partial charge >= 0.3 is 0 Å². The van der Waals surface area contributed by atoms with Crippen LogP contribution in [-0.4, -0.2) is 15.6 Å². The quantitative estimate of drug-likeness (QED) is 0.624. The molecule has 0 aliphatic heterocycles. The summed E-state index contributed by atoms with van der Waals surface area (Å²) in [7, 11) is 0. The third-order valence-electron chi connectivity index (χ3n) is 3.06. The van der Waals surface area contributed by atoms with Crippen molar-refractivity contribution in [1.29, 1.82) is 5.26 Å². The Morgan fingerprint density at radius 2 is 2.10 bits per heavy atom. The second-order valence-corrected chi connectivity index (χ2v) is 5.15. The van der Waals surface area contributed by atoms with Gasteiger partial charge in [0.25, 0.3) is 0 Å². The SMILES string of the molecule is CC(C)C(=O)C(C#N)=Cc1cnn(Cc2ccccc2)c1. The molecule has 0 fully saturated rings. The van der Waals surface area contributed by atoms with E-state index in [1.54, 1.807) is 30.8 Å². The topological polar surface area (TPSA) is 58.7 Å².